The van der Waals surface area contributed by atoms with E-state index < -0.39 is 5.97 Å². The van der Waals surface area contributed by atoms with E-state index in [1.54, 1.807) is 30.5 Å². The average Bonchev–Trinajstić information content (AvgIpc) is 2.40. The number of hydrogen-bond acceptors (Lipinski definition) is 3. The summed E-state index contributed by atoms with van der Waals surface area (Å²) >= 11 is 13.2. The summed E-state index contributed by atoms with van der Waals surface area (Å²) < 4.78 is 0. The Bertz CT molecular complexity index is 619. The van der Waals surface area contributed by atoms with Gasteiger partial charge in [-0.25, -0.2) is 4.79 Å². The Balaban J connectivity index is 2.14. The summed E-state index contributed by atoms with van der Waals surface area (Å²) in [6, 6.07) is 8.44. The number of nitrogens with zero attached hydrogens (tertiary/aromatic N) is 1. The Morgan fingerprint density at radius 1 is 1.26 bits per heavy atom. The van der Waals surface area contributed by atoms with Gasteiger partial charge >= 0.3 is 5.97 Å². The van der Waals surface area contributed by atoms with Crippen LogP contribution in [-0.2, 0) is 5.75 Å². The number of pyridine rings is 1. The summed E-state index contributed by atoms with van der Waals surface area (Å²) in [5, 5.41) is 10.0. The zero-order valence-corrected chi connectivity index (χ0v) is 12.0. The maximum absolute atomic E-state index is 11.0. The second kappa shape index (κ2) is 6.28. The maximum Gasteiger partial charge on any atom is 0.337 e. The summed E-state index contributed by atoms with van der Waals surface area (Å²) in [6.07, 6.45) is 1.58. The van der Waals surface area contributed by atoms with Crippen LogP contribution in [0.4, 0.5) is 0 Å². The van der Waals surface area contributed by atoms with Gasteiger partial charge in [0.25, 0.3) is 0 Å². The number of carboxylic acid groups (broad SMARTS) is 1. The van der Waals surface area contributed by atoms with Gasteiger partial charge in [-0.2, -0.15) is 0 Å². The number of aromatic carboxylic acids is 1. The van der Waals surface area contributed by atoms with E-state index in [1.807, 2.05) is 6.07 Å². The molecule has 1 N–H and O–H groups in total. The maximum atomic E-state index is 11.0. The van der Waals surface area contributed by atoms with E-state index in [2.05, 4.69) is 4.98 Å². The highest BCUT2D eigenvalue weighted by atomic mass is 35.5. The third kappa shape index (κ3) is 3.62. The molecule has 0 saturated heterocycles. The first-order valence-corrected chi connectivity index (χ1v) is 7.07. The van der Waals surface area contributed by atoms with Crippen LogP contribution < -0.4 is 0 Å². The van der Waals surface area contributed by atoms with Gasteiger partial charge in [0.2, 0.25) is 0 Å². The number of halogens is 2. The summed E-state index contributed by atoms with van der Waals surface area (Å²) in [5.74, 6) is -0.515. The lowest BCUT2D eigenvalue weighted by Crippen LogP contribution is -2.03. The predicted molar refractivity (Wildman–Crippen MR) is 77.2 cm³/mol. The quantitative estimate of drug-likeness (QED) is 0.851. The Morgan fingerprint density at radius 2 is 2.05 bits per heavy atom. The van der Waals surface area contributed by atoms with E-state index in [-0.39, 0.29) is 5.56 Å². The molecule has 0 radical (unpaired) electrons. The zero-order chi connectivity index (χ0) is 13.8. The molecule has 6 heteroatoms. The van der Waals surface area contributed by atoms with Crippen LogP contribution in [0.3, 0.4) is 0 Å². The fourth-order valence-electron chi connectivity index (χ4n) is 1.47. The van der Waals surface area contributed by atoms with Crippen molar-refractivity contribution in [2.24, 2.45) is 0 Å². The van der Waals surface area contributed by atoms with Crippen LogP contribution in [0.25, 0.3) is 0 Å². The van der Waals surface area contributed by atoms with Crippen molar-refractivity contribution in [3.8, 4) is 0 Å². The third-order valence-corrected chi connectivity index (χ3v) is 4.13. The molecule has 0 aliphatic heterocycles. The van der Waals surface area contributed by atoms with Crippen molar-refractivity contribution in [2.75, 3.05) is 0 Å². The molecule has 1 heterocycles. The first kappa shape index (κ1) is 14.2. The van der Waals surface area contributed by atoms with Crippen LogP contribution in [0.1, 0.15) is 16.1 Å². The molecule has 3 nitrogen and oxygen atoms in total. The van der Waals surface area contributed by atoms with Gasteiger partial charge in [0, 0.05) is 16.8 Å². The highest BCUT2D eigenvalue weighted by Gasteiger charge is 2.11. The fourth-order valence-corrected chi connectivity index (χ4v) is 2.73. The Morgan fingerprint density at radius 3 is 2.74 bits per heavy atom. The smallest absolute Gasteiger partial charge is 0.337 e. The molecule has 0 aliphatic carbocycles. The standard InChI is InChI=1S/C13H9Cl2NO2S/c14-10-4-3-8(6-11(10)15)19-7-12-9(13(17)18)2-1-5-16-12/h1-6H,7H2,(H,17,18). The second-order valence-electron chi connectivity index (χ2n) is 3.67. The van der Waals surface area contributed by atoms with Crippen molar-refractivity contribution < 1.29 is 9.90 Å². The van der Waals surface area contributed by atoms with Crippen molar-refractivity contribution in [3.63, 3.8) is 0 Å². The van der Waals surface area contributed by atoms with Gasteiger partial charge in [-0.1, -0.05) is 23.2 Å². The van der Waals surface area contributed by atoms with E-state index in [4.69, 9.17) is 28.3 Å². The topological polar surface area (TPSA) is 50.2 Å². The Labute approximate surface area is 124 Å². The van der Waals surface area contributed by atoms with Crippen LogP contribution in [0.5, 0.6) is 0 Å². The van der Waals surface area contributed by atoms with Gasteiger partial charge in [0.15, 0.2) is 0 Å². The largest absolute Gasteiger partial charge is 0.478 e. The van der Waals surface area contributed by atoms with E-state index in [0.29, 0.717) is 21.5 Å². The van der Waals surface area contributed by atoms with Gasteiger partial charge in [-0.15, -0.1) is 11.8 Å². The second-order valence-corrected chi connectivity index (χ2v) is 5.53. The number of hydrogen-bond donors (Lipinski definition) is 1. The minimum Gasteiger partial charge on any atom is -0.478 e. The molecule has 1 aromatic heterocycles. The van der Waals surface area contributed by atoms with E-state index in [9.17, 15) is 4.79 Å². The predicted octanol–water partition coefficient (Wildman–Crippen LogP) is 4.38. The summed E-state index contributed by atoms with van der Waals surface area (Å²) in [5.41, 5.74) is 0.751. The molecular weight excluding hydrogens is 305 g/mol. The molecule has 0 fully saturated rings. The number of benzene rings is 1. The first-order valence-electron chi connectivity index (χ1n) is 5.33. The van der Waals surface area contributed by atoms with Gasteiger partial charge in [-0.05, 0) is 30.3 Å². The number of aromatic nitrogens is 1. The monoisotopic (exact) mass is 313 g/mol. The van der Waals surface area contributed by atoms with Crippen LogP contribution >= 0.6 is 35.0 Å². The lowest BCUT2D eigenvalue weighted by Gasteiger charge is -2.05. The molecule has 1 aromatic carbocycles. The van der Waals surface area contributed by atoms with Gasteiger partial charge in [0.05, 0.1) is 21.3 Å². The summed E-state index contributed by atoms with van der Waals surface area (Å²) in [7, 11) is 0. The van der Waals surface area contributed by atoms with Crippen molar-refractivity contribution in [1.29, 1.82) is 0 Å². The molecule has 0 unspecified atom stereocenters. The van der Waals surface area contributed by atoms with E-state index in [0.717, 1.165) is 4.90 Å². The SMILES string of the molecule is O=C(O)c1cccnc1CSc1ccc(Cl)c(Cl)c1. The van der Waals surface area contributed by atoms with Crippen molar-refractivity contribution in [2.45, 2.75) is 10.6 Å². The normalized spacial score (nSPS) is 10.4. The molecule has 0 spiro atoms. The number of rotatable bonds is 4. The van der Waals surface area contributed by atoms with Gasteiger partial charge < -0.3 is 5.11 Å². The molecule has 2 rings (SSSR count). The lowest BCUT2D eigenvalue weighted by atomic mass is 10.2. The van der Waals surface area contributed by atoms with Crippen molar-refractivity contribution in [3.05, 3.63) is 57.8 Å². The highest BCUT2D eigenvalue weighted by Crippen LogP contribution is 2.29. The van der Waals surface area contributed by atoms with Gasteiger partial charge in [0.1, 0.15) is 0 Å². The van der Waals surface area contributed by atoms with Crippen LogP contribution in [0.2, 0.25) is 10.0 Å². The number of carbonyl (C=O) groups is 1. The Kier molecular flexibility index (Phi) is 4.69. The van der Waals surface area contributed by atoms with Crippen molar-refractivity contribution in [1.82, 2.24) is 4.98 Å². The molecule has 98 valence electrons. The minimum absolute atomic E-state index is 0.218. The number of thioether (sulfide) groups is 1. The molecule has 2 aromatic rings. The van der Waals surface area contributed by atoms with Crippen LogP contribution in [0.15, 0.2) is 41.4 Å². The molecule has 0 aliphatic rings. The van der Waals surface area contributed by atoms with Crippen LogP contribution in [0, 0.1) is 0 Å². The molecule has 0 saturated carbocycles. The Hall–Kier alpha value is -1.23. The van der Waals surface area contributed by atoms with E-state index in [1.165, 1.54) is 11.8 Å². The fraction of sp³-hybridized carbons (Fsp3) is 0.0769. The summed E-state index contributed by atoms with van der Waals surface area (Å²) in [6.45, 7) is 0. The van der Waals surface area contributed by atoms with E-state index >= 15 is 0 Å². The molecule has 0 atom stereocenters. The molecule has 0 amide bonds. The highest BCUT2D eigenvalue weighted by molar-refractivity contribution is 7.98. The van der Waals surface area contributed by atoms with Crippen LogP contribution in [-0.4, -0.2) is 16.1 Å². The average molecular weight is 314 g/mol. The van der Waals surface area contributed by atoms with Gasteiger partial charge in [-0.3, -0.25) is 4.98 Å². The zero-order valence-electron chi connectivity index (χ0n) is 9.64. The molecule has 19 heavy (non-hydrogen) atoms. The first-order chi connectivity index (χ1) is 9.08. The molecule has 0 bridgehead atoms. The van der Waals surface area contributed by atoms with Crippen molar-refractivity contribution >= 4 is 40.9 Å². The summed E-state index contributed by atoms with van der Waals surface area (Å²) in [4.78, 5) is 16.1. The lowest BCUT2D eigenvalue weighted by molar-refractivity contribution is 0.0695. The third-order valence-electron chi connectivity index (χ3n) is 2.39. The number of carboxylic acids is 1. The minimum atomic E-state index is -0.974. The molecular formula is C13H9Cl2NO2S.